The third kappa shape index (κ3) is 2.83. The Kier molecular flexibility index (Phi) is 3.75. The van der Waals surface area contributed by atoms with Crippen LogP contribution in [-0.2, 0) is 11.3 Å². The van der Waals surface area contributed by atoms with Crippen molar-refractivity contribution in [2.75, 3.05) is 13.1 Å². The monoisotopic (exact) mass is 284 g/mol. The second kappa shape index (κ2) is 5.69. The lowest BCUT2D eigenvalue weighted by Crippen LogP contribution is -2.40. The van der Waals surface area contributed by atoms with Gasteiger partial charge >= 0.3 is 0 Å². The molecule has 5 nitrogen and oxygen atoms in total. The summed E-state index contributed by atoms with van der Waals surface area (Å²) in [6.45, 7) is 4.19. The molecule has 1 aliphatic heterocycles. The molecule has 3 rings (SSSR count). The summed E-state index contributed by atoms with van der Waals surface area (Å²) in [7, 11) is 0. The largest absolute Gasteiger partial charge is 0.351 e. The third-order valence-electron chi connectivity index (χ3n) is 4.10. The number of nitrogens with one attached hydrogen (secondary N) is 2. The summed E-state index contributed by atoms with van der Waals surface area (Å²) in [5.41, 5.74) is 1.77. The van der Waals surface area contributed by atoms with Crippen LogP contribution in [0.25, 0.3) is 5.69 Å². The predicted molar refractivity (Wildman–Crippen MR) is 81.0 cm³/mol. The molecule has 0 spiro atoms. The number of para-hydroxylation sites is 1. The lowest BCUT2D eigenvalue weighted by atomic mass is 9.89. The summed E-state index contributed by atoms with van der Waals surface area (Å²) in [6, 6.07) is 9.87. The van der Waals surface area contributed by atoms with E-state index in [9.17, 15) is 4.79 Å². The van der Waals surface area contributed by atoms with Crippen LogP contribution in [0.4, 0.5) is 0 Å². The summed E-state index contributed by atoms with van der Waals surface area (Å²) in [6.07, 6.45) is 4.54. The molecule has 0 radical (unpaired) electrons. The number of carbonyl (C=O) groups excluding carboxylic acids is 1. The third-order valence-corrected chi connectivity index (χ3v) is 4.10. The van der Waals surface area contributed by atoms with Gasteiger partial charge in [0, 0.05) is 25.5 Å². The van der Waals surface area contributed by atoms with Crippen molar-refractivity contribution in [3.05, 3.63) is 48.3 Å². The Morgan fingerprint density at radius 3 is 3.00 bits per heavy atom. The van der Waals surface area contributed by atoms with Gasteiger partial charge in [-0.1, -0.05) is 18.2 Å². The van der Waals surface area contributed by atoms with Gasteiger partial charge < -0.3 is 10.6 Å². The molecule has 1 fully saturated rings. The molecule has 1 aliphatic rings. The van der Waals surface area contributed by atoms with Crippen LogP contribution in [0.1, 0.15) is 18.9 Å². The molecule has 5 heteroatoms. The quantitative estimate of drug-likeness (QED) is 0.894. The number of amides is 1. The molecular weight excluding hydrogens is 264 g/mol. The van der Waals surface area contributed by atoms with E-state index in [1.54, 1.807) is 6.20 Å². The van der Waals surface area contributed by atoms with Crippen molar-refractivity contribution in [1.29, 1.82) is 0 Å². The lowest BCUT2D eigenvalue weighted by molar-refractivity contribution is -0.129. The van der Waals surface area contributed by atoms with Crippen molar-refractivity contribution in [2.24, 2.45) is 5.41 Å². The van der Waals surface area contributed by atoms with E-state index in [0.717, 1.165) is 30.8 Å². The summed E-state index contributed by atoms with van der Waals surface area (Å²) in [5, 5.41) is 10.6. The van der Waals surface area contributed by atoms with E-state index in [0.29, 0.717) is 6.54 Å². The highest BCUT2D eigenvalue weighted by molar-refractivity contribution is 5.82. The molecule has 0 saturated carbocycles. The van der Waals surface area contributed by atoms with E-state index in [-0.39, 0.29) is 11.3 Å². The van der Waals surface area contributed by atoms with Crippen LogP contribution in [0.2, 0.25) is 0 Å². The van der Waals surface area contributed by atoms with Gasteiger partial charge in [0.2, 0.25) is 5.91 Å². The molecule has 110 valence electrons. The number of carbonyl (C=O) groups is 1. The van der Waals surface area contributed by atoms with Crippen molar-refractivity contribution < 1.29 is 4.79 Å². The first-order chi connectivity index (χ1) is 10.2. The smallest absolute Gasteiger partial charge is 0.227 e. The van der Waals surface area contributed by atoms with Crippen LogP contribution < -0.4 is 10.6 Å². The minimum atomic E-state index is -0.291. The van der Waals surface area contributed by atoms with Crippen LogP contribution in [0.15, 0.2) is 42.7 Å². The first kappa shape index (κ1) is 13.8. The van der Waals surface area contributed by atoms with Crippen molar-refractivity contribution >= 4 is 5.91 Å². The Hall–Kier alpha value is -2.14. The fourth-order valence-electron chi connectivity index (χ4n) is 2.69. The van der Waals surface area contributed by atoms with Crippen molar-refractivity contribution in [1.82, 2.24) is 20.4 Å². The summed E-state index contributed by atoms with van der Waals surface area (Å²) in [5.74, 6) is 0.114. The van der Waals surface area contributed by atoms with Crippen LogP contribution in [-0.4, -0.2) is 28.8 Å². The molecule has 2 N–H and O–H groups in total. The second-order valence-corrected chi connectivity index (χ2v) is 5.75. The zero-order chi connectivity index (χ0) is 14.7. The summed E-state index contributed by atoms with van der Waals surface area (Å²) < 4.78 is 1.82. The molecule has 0 aliphatic carbocycles. The van der Waals surface area contributed by atoms with Crippen LogP contribution in [0.5, 0.6) is 0 Å². The number of rotatable bonds is 4. The first-order valence-corrected chi connectivity index (χ1v) is 7.26. The Labute approximate surface area is 124 Å². The fraction of sp³-hybridized carbons (Fsp3) is 0.375. The summed E-state index contributed by atoms with van der Waals surface area (Å²) in [4.78, 5) is 12.4. The van der Waals surface area contributed by atoms with Gasteiger partial charge in [-0.2, -0.15) is 5.10 Å². The Balaban J connectivity index is 1.73. The van der Waals surface area contributed by atoms with E-state index < -0.39 is 0 Å². The standard InChI is InChI=1S/C16H20N4O/c1-16(7-9-17-12-16)15(21)18-11-13-5-2-3-6-14(13)20-10-4-8-19-20/h2-6,8,10,17H,7,9,11-12H2,1H3,(H,18,21). The SMILES string of the molecule is CC1(C(=O)NCc2ccccc2-n2cccn2)CCNC1. The zero-order valence-corrected chi connectivity index (χ0v) is 12.2. The van der Waals surface area contributed by atoms with E-state index in [2.05, 4.69) is 15.7 Å². The highest BCUT2D eigenvalue weighted by Crippen LogP contribution is 2.24. The van der Waals surface area contributed by atoms with Gasteiger partial charge in [-0.25, -0.2) is 4.68 Å². The Morgan fingerprint density at radius 2 is 2.29 bits per heavy atom. The number of hydrogen-bond donors (Lipinski definition) is 2. The molecule has 1 aromatic carbocycles. The average Bonchev–Trinajstić information content (AvgIpc) is 3.17. The van der Waals surface area contributed by atoms with Gasteiger partial charge in [-0.3, -0.25) is 4.79 Å². The highest BCUT2D eigenvalue weighted by Gasteiger charge is 2.35. The number of benzene rings is 1. The maximum atomic E-state index is 12.4. The number of nitrogens with zero attached hydrogens (tertiary/aromatic N) is 2. The van der Waals surface area contributed by atoms with Gasteiger partial charge in [0.05, 0.1) is 11.1 Å². The van der Waals surface area contributed by atoms with Gasteiger partial charge in [0.15, 0.2) is 0 Å². The van der Waals surface area contributed by atoms with Crippen molar-refractivity contribution in [3.63, 3.8) is 0 Å². The topological polar surface area (TPSA) is 59.0 Å². The van der Waals surface area contributed by atoms with Crippen molar-refractivity contribution in [2.45, 2.75) is 19.9 Å². The molecule has 21 heavy (non-hydrogen) atoms. The highest BCUT2D eigenvalue weighted by atomic mass is 16.2. The predicted octanol–water partition coefficient (Wildman–Crippen LogP) is 1.49. The molecule has 1 amide bonds. The van der Waals surface area contributed by atoms with Gasteiger partial charge in [0.1, 0.15) is 0 Å². The summed E-state index contributed by atoms with van der Waals surface area (Å²) >= 11 is 0. The first-order valence-electron chi connectivity index (χ1n) is 7.26. The normalized spacial score (nSPS) is 21.4. The average molecular weight is 284 g/mol. The van der Waals surface area contributed by atoms with Gasteiger partial charge in [0.25, 0.3) is 0 Å². The van der Waals surface area contributed by atoms with Crippen molar-refractivity contribution in [3.8, 4) is 5.69 Å². The Bertz CT molecular complexity index is 615. The molecule has 1 aromatic heterocycles. The number of hydrogen-bond acceptors (Lipinski definition) is 3. The molecule has 1 saturated heterocycles. The number of aromatic nitrogens is 2. The van der Waals surface area contributed by atoms with Crippen LogP contribution in [0.3, 0.4) is 0 Å². The minimum Gasteiger partial charge on any atom is -0.351 e. The van der Waals surface area contributed by atoms with E-state index in [4.69, 9.17) is 0 Å². The molecule has 1 atom stereocenters. The maximum Gasteiger partial charge on any atom is 0.227 e. The molecule has 2 heterocycles. The zero-order valence-electron chi connectivity index (χ0n) is 12.2. The molecule has 0 bridgehead atoms. The van der Waals surface area contributed by atoms with Gasteiger partial charge in [-0.05, 0) is 37.6 Å². The molecular formula is C16H20N4O. The Morgan fingerprint density at radius 1 is 1.43 bits per heavy atom. The van der Waals surface area contributed by atoms with Crippen LogP contribution in [0, 0.1) is 5.41 Å². The fourth-order valence-corrected chi connectivity index (χ4v) is 2.69. The van der Waals surface area contributed by atoms with Gasteiger partial charge in [-0.15, -0.1) is 0 Å². The van der Waals surface area contributed by atoms with E-state index in [1.165, 1.54) is 0 Å². The second-order valence-electron chi connectivity index (χ2n) is 5.75. The molecule has 2 aromatic rings. The maximum absolute atomic E-state index is 12.4. The van der Waals surface area contributed by atoms with E-state index in [1.807, 2.05) is 48.1 Å². The van der Waals surface area contributed by atoms with Crippen LogP contribution >= 0.6 is 0 Å². The lowest BCUT2D eigenvalue weighted by Gasteiger charge is -2.22. The molecule has 1 unspecified atom stereocenters. The minimum absolute atomic E-state index is 0.114. The van der Waals surface area contributed by atoms with E-state index >= 15 is 0 Å².